The minimum Gasteiger partial charge on any atom is -0.462 e. The van der Waals surface area contributed by atoms with Crippen molar-refractivity contribution in [1.82, 2.24) is 0 Å². The van der Waals surface area contributed by atoms with Crippen LogP contribution in [-0.2, 0) is 28.6 Å². The van der Waals surface area contributed by atoms with Crippen LogP contribution in [0.4, 0.5) is 0 Å². The normalized spacial score (nSPS) is 13.1. The first-order valence-corrected chi connectivity index (χ1v) is 30.7. The molecule has 0 spiro atoms. The molecule has 6 heteroatoms. The number of esters is 3. The molecule has 0 aliphatic rings. The largest absolute Gasteiger partial charge is 0.462 e. The molecule has 6 nitrogen and oxygen atoms in total. The fourth-order valence-corrected chi connectivity index (χ4v) is 8.13. The molecule has 0 radical (unpaired) electrons. The van der Waals surface area contributed by atoms with Gasteiger partial charge in [-0.1, -0.05) is 264 Å². The number of carbonyl (C=O) groups excluding carboxylic acids is 3. The Labute approximate surface area is 462 Å². The van der Waals surface area contributed by atoms with Crippen LogP contribution in [0.3, 0.4) is 0 Å². The molecule has 0 saturated heterocycles. The van der Waals surface area contributed by atoms with E-state index in [0.717, 1.165) is 103 Å². The molecule has 0 bridgehead atoms. The van der Waals surface area contributed by atoms with E-state index in [2.05, 4.69) is 142 Å². The molecule has 0 aromatic carbocycles. The summed E-state index contributed by atoms with van der Waals surface area (Å²) in [6, 6.07) is 0. The molecule has 0 aliphatic heterocycles. The van der Waals surface area contributed by atoms with Crippen molar-refractivity contribution >= 4 is 17.9 Å². The number of hydrogen-bond acceptors (Lipinski definition) is 6. The van der Waals surface area contributed by atoms with Gasteiger partial charge in [0.1, 0.15) is 13.2 Å². The van der Waals surface area contributed by atoms with Crippen LogP contribution < -0.4 is 0 Å². The van der Waals surface area contributed by atoms with Crippen LogP contribution >= 0.6 is 0 Å². The van der Waals surface area contributed by atoms with E-state index in [1.807, 2.05) is 6.08 Å². The molecule has 424 valence electrons. The zero-order valence-electron chi connectivity index (χ0n) is 48.5. The average molecular weight is 1040 g/mol. The van der Waals surface area contributed by atoms with E-state index in [1.165, 1.54) is 116 Å². The van der Waals surface area contributed by atoms with E-state index in [1.54, 1.807) is 6.08 Å². The van der Waals surface area contributed by atoms with E-state index in [9.17, 15) is 14.4 Å². The first kappa shape index (κ1) is 70.5. The number of rotatable bonds is 54. The Hall–Kier alpha value is -4.45. The van der Waals surface area contributed by atoms with Gasteiger partial charge in [0, 0.05) is 12.8 Å². The minimum absolute atomic E-state index is 0.0858. The number of unbranched alkanes of at least 4 members (excludes halogenated alkanes) is 22. The number of ether oxygens (including phenoxy) is 3. The third kappa shape index (κ3) is 60.3. The average Bonchev–Trinajstić information content (AvgIpc) is 3.41. The molecule has 75 heavy (non-hydrogen) atoms. The maximum Gasteiger partial charge on any atom is 0.310 e. The third-order valence-corrected chi connectivity index (χ3v) is 12.7. The predicted octanol–water partition coefficient (Wildman–Crippen LogP) is 21.0. The lowest BCUT2D eigenvalue weighted by atomic mass is 10.0. The van der Waals surface area contributed by atoms with E-state index in [0.29, 0.717) is 19.3 Å². The van der Waals surface area contributed by atoms with Crippen LogP contribution in [0.2, 0.25) is 0 Å². The molecule has 0 aromatic heterocycles. The number of carbonyl (C=O) groups is 3. The Morgan fingerprint density at radius 1 is 0.293 bits per heavy atom. The van der Waals surface area contributed by atoms with Crippen LogP contribution in [-0.4, -0.2) is 37.2 Å². The summed E-state index contributed by atoms with van der Waals surface area (Å²) in [5.41, 5.74) is 0. The quantitative estimate of drug-likeness (QED) is 0.0261. The molecule has 1 atom stereocenters. The molecule has 0 amide bonds. The molecule has 0 saturated carbocycles. The van der Waals surface area contributed by atoms with Crippen molar-refractivity contribution in [2.24, 2.45) is 0 Å². The van der Waals surface area contributed by atoms with E-state index in [-0.39, 0.29) is 31.6 Å². The van der Waals surface area contributed by atoms with Crippen molar-refractivity contribution in [1.29, 1.82) is 0 Å². The molecule has 0 heterocycles. The molecular formula is C69H112O6. The summed E-state index contributed by atoms with van der Waals surface area (Å²) < 4.78 is 16.7. The summed E-state index contributed by atoms with van der Waals surface area (Å²) in [5.74, 6) is -1.09. The van der Waals surface area contributed by atoms with Crippen molar-refractivity contribution in [3.63, 3.8) is 0 Å². The van der Waals surface area contributed by atoms with Gasteiger partial charge in [-0.15, -0.1) is 0 Å². The lowest BCUT2D eigenvalue weighted by molar-refractivity contribution is -0.166. The van der Waals surface area contributed by atoms with Gasteiger partial charge in [-0.2, -0.15) is 0 Å². The van der Waals surface area contributed by atoms with Gasteiger partial charge >= 0.3 is 17.9 Å². The monoisotopic (exact) mass is 1040 g/mol. The van der Waals surface area contributed by atoms with Crippen molar-refractivity contribution in [2.75, 3.05) is 13.2 Å². The van der Waals surface area contributed by atoms with Crippen LogP contribution in [0.1, 0.15) is 265 Å². The Morgan fingerprint density at radius 2 is 0.560 bits per heavy atom. The molecule has 0 fully saturated rings. The summed E-state index contributed by atoms with van der Waals surface area (Å²) in [6.45, 7) is 6.29. The highest BCUT2D eigenvalue weighted by Crippen LogP contribution is 2.15. The van der Waals surface area contributed by atoms with Crippen LogP contribution in [0.5, 0.6) is 0 Å². The first-order chi connectivity index (χ1) is 37.0. The van der Waals surface area contributed by atoms with E-state index < -0.39 is 12.1 Å². The second-order valence-corrected chi connectivity index (χ2v) is 19.9. The standard InChI is InChI=1S/C69H112O6/c1-4-7-10-13-16-19-22-25-27-28-29-30-31-32-33-34-35-36-37-38-39-40-42-44-47-50-53-56-59-62-68(71)74-65-66(64-73-67(70)61-58-55-52-49-46-43-24-21-18-15-12-9-6-3)75-69(72)63-60-57-54-51-48-45-41-26-23-20-17-14-11-8-5-2/h8-9,11-12,17-18,20-22,25-26,28-29,31-32,41,43,46,48,51,57,60,66H,4-7,10,13-16,19,23-24,27,30,33-40,42,44-45,47,49-50,52-56,58-59,61-65H2,1-3H3/b11-8-,12-9-,20-17-,21-18-,25-22-,29-28-,32-31-,41-26-,46-43-,51-48-,60-57-. The highest BCUT2D eigenvalue weighted by Gasteiger charge is 2.19. The van der Waals surface area contributed by atoms with Gasteiger partial charge in [0.2, 0.25) is 0 Å². The van der Waals surface area contributed by atoms with Gasteiger partial charge in [0.15, 0.2) is 6.10 Å². The smallest absolute Gasteiger partial charge is 0.310 e. The highest BCUT2D eigenvalue weighted by atomic mass is 16.6. The Kier molecular flexibility index (Phi) is 58.4. The Balaban J connectivity index is 4.33. The lowest BCUT2D eigenvalue weighted by Gasteiger charge is -2.18. The summed E-state index contributed by atoms with van der Waals surface area (Å²) in [4.78, 5) is 38.1. The van der Waals surface area contributed by atoms with Crippen molar-refractivity contribution in [3.05, 3.63) is 134 Å². The van der Waals surface area contributed by atoms with E-state index in [4.69, 9.17) is 14.2 Å². The zero-order valence-corrected chi connectivity index (χ0v) is 48.5. The topological polar surface area (TPSA) is 78.9 Å². The summed E-state index contributed by atoms with van der Waals surface area (Å²) in [6.07, 6.45) is 87.8. The summed E-state index contributed by atoms with van der Waals surface area (Å²) in [5, 5.41) is 0. The second kappa shape index (κ2) is 62.1. The summed E-state index contributed by atoms with van der Waals surface area (Å²) >= 11 is 0. The SMILES string of the molecule is CC/C=C\C/C=C\C/C=C\C/C=C\C/C=C\CC(=O)OC(COC(=O)CCCCC/C=C\C/C=C\C/C=C\CC)COC(=O)CCCCCCCCCCCCCCCC/C=C\C/C=C\C/C=C\CCCCCCC. The second-order valence-electron chi connectivity index (χ2n) is 19.9. The first-order valence-electron chi connectivity index (χ1n) is 30.7. The fourth-order valence-electron chi connectivity index (χ4n) is 8.13. The third-order valence-electron chi connectivity index (χ3n) is 12.7. The fraction of sp³-hybridized carbons (Fsp3) is 0.638. The maximum atomic E-state index is 12.8. The number of hydrogen-bond donors (Lipinski definition) is 0. The minimum atomic E-state index is -0.849. The van der Waals surface area contributed by atoms with Crippen molar-refractivity contribution in [2.45, 2.75) is 271 Å². The van der Waals surface area contributed by atoms with Crippen molar-refractivity contribution < 1.29 is 28.6 Å². The lowest BCUT2D eigenvalue weighted by Crippen LogP contribution is -2.30. The van der Waals surface area contributed by atoms with Gasteiger partial charge in [-0.25, -0.2) is 0 Å². The Morgan fingerprint density at radius 3 is 0.893 bits per heavy atom. The van der Waals surface area contributed by atoms with Gasteiger partial charge in [-0.05, 0) is 116 Å². The molecule has 0 aromatic rings. The van der Waals surface area contributed by atoms with Crippen LogP contribution in [0.15, 0.2) is 134 Å². The molecule has 0 N–H and O–H groups in total. The molecular weight excluding hydrogens is 925 g/mol. The van der Waals surface area contributed by atoms with Crippen molar-refractivity contribution in [3.8, 4) is 0 Å². The molecule has 0 aliphatic carbocycles. The number of allylic oxidation sites excluding steroid dienone is 21. The van der Waals surface area contributed by atoms with Crippen LogP contribution in [0.25, 0.3) is 0 Å². The summed E-state index contributed by atoms with van der Waals surface area (Å²) in [7, 11) is 0. The van der Waals surface area contributed by atoms with Gasteiger partial charge in [0.25, 0.3) is 0 Å². The van der Waals surface area contributed by atoms with Gasteiger partial charge in [-0.3, -0.25) is 14.4 Å². The van der Waals surface area contributed by atoms with Crippen LogP contribution in [0, 0.1) is 0 Å². The van der Waals surface area contributed by atoms with E-state index >= 15 is 0 Å². The predicted molar refractivity (Wildman–Crippen MR) is 325 cm³/mol. The van der Waals surface area contributed by atoms with Gasteiger partial charge in [0.05, 0.1) is 6.42 Å². The maximum absolute atomic E-state index is 12.8. The highest BCUT2D eigenvalue weighted by molar-refractivity contribution is 5.72. The molecule has 1 unspecified atom stereocenters. The zero-order chi connectivity index (χ0) is 54.3. The van der Waals surface area contributed by atoms with Gasteiger partial charge < -0.3 is 14.2 Å². The molecule has 0 rings (SSSR count). The Bertz CT molecular complexity index is 1620.